The fourth-order valence-electron chi connectivity index (χ4n) is 2.07. The molecular weight excluding hydrogens is 266 g/mol. The Morgan fingerprint density at radius 1 is 1.05 bits per heavy atom. The van der Waals surface area contributed by atoms with Crippen molar-refractivity contribution in [3.05, 3.63) is 65.7 Å². The maximum atomic E-state index is 12.1. The number of rotatable bonds is 2. The molecule has 1 N–H and O–H groups in total. The number of aliphatic hydroxyl groups excluding tert-OH is 1. The highest BCUT2D eigenvalue weighted by Gasteiger charge is 2.22. The van der Waals surface area contributed by atoms with Gasteiger partial charge in [0.25, 0.3) is 0 Å². The molecule has 0 amide bonds. The molecule has 4 nitrogen and oxygen atoms in total. The number of carbonyl (C=O) groups excluding carboxylic acids is 1. The van der Waals surface area contributed by atoms with E-state index in [-0.39, 0.29) is 23.7 Å². The van der Waals surface area contributed by atoms with Crippen LogP contribution in [0.2, 0.25) is 0 Å². The van der Waals surface area contributed by atoms with Gasteiger partial charge in [-0.05, 0) is 24.3 Å². The molecule has 1 aliphatic rings. The number of ether oxygens (including phenoxy) is 1. The maximum absolute atomic E-state index is 12.1. The van der Waals surface area contributed by atoms with Crippen LogP contribution in [0.4, 0.5) is 5.69 Å². The van der Waals surface area contributed by atoms with Gasteiger partial charge in [0.2, 0.25) is 5.78 Å². The Kier molecular flexibility index (Phi) is 3.51. The minimum atomic E-state index is -0.302. The van der Waals surface area contributed by atoms with Gasteiger partial charge in [-0.3, -0.25) is 9.79 Å². The molecule has 0 unspecified atom stereocenters. The van der Waals surface area contributed by atoms with Crippen LogP contribution < -0.4 is 4.74 Å². The van der Waals surface area contributed by atoms with Crippen LogP contribution in [0.3, 0.4) is 0 Å². The molecule has 21 heavy (non-hydrogen) atoms. The molecule has 0 bridgehead atoms. The summed E-state index contributed by atoms with van der Waals surface area (Å²) in [5.74, 6) is 0.0858. The van der Waals surface area contributed by atoms with Gasteiger partial charge in [-0.25, -0.2) is 0 Å². The molecular formula is C17H13NO3. The van der Waals surface area contributed by atoms with Gasteiger partial charge in [0.05, 0.1) is 16.8 Å². The van der Waals surface area contributed by atoms with Gasteiger partial charge in [-0.2, -0.15) is 0 Å². The van der Waals surface area contributed by atoms with Crippen molar-refractivity contribution < 1.29 is 14.6 Å². The first kappa shape index (κ1) is 13.1. The number of hydrogen-bond donors (Lipinski definition) is 1. The predicted molar refractivity (Wildman–Crippen MR) is 81.1 cm³/mol. The molecule has 2 aromatic rings. The Labute approximate surface area is 122 Å². The lowest BCUT2D eigenvalue weighted by Crippen LogP contribution is -2.13. The summed E-state index contributed by atoms with van der Waals surface area (Å²) in [5, 5.41) is 10.3. The molecule has 0 aromatic heterocycles. The molecule has 0 saturated heterocycles. The summed E-state index contributed by atoms with van der Waals surface area (Å²) >= 11 is 0. The van der Waals surface area contributed by atoms with Gasteiger partial charge in [0.15, 0.2) is 6.61 Å². The smallest absolute Gasteiger partial charge is 0.205 e. The zero-order valence-corrected chi connectivity index (χ0v) is 11.2. The molecule has 0 radical (unpaired) electrons. The molecule has 0 spiro atoms. The summed E-state index contributed by atoms with van der Waals surface area (Å²) in [6.07, 6.45) is 1.39. The molecule has 2 aromatic carbocycles. The SMILES string of the molecule is O=C1COc2ccccc2C(O)=C1C=Nc1ccccc1. The summed E-state index contributed by atoms with van der Waals surface area (Å²) in [4.78, 5) is 16.3. The number of Topliss-reactive ketones (excluding diaryl/α,β-unsaturated/α-hetero) is 1. The molecule has 1 heterocycles. The highest BCUT2D eigenvalue weighted by molar-refractivity contribution is 6.19. The van der Waals surface area contributed by atoms with Crippen LogP contribution in [0.15, 0.2) is 65.2 Å². The normalized spacial score (nSPS) is 14.8. The van der Waals surface area contributed by atoms with Gasteiger partial charge < -0.3 is 9.84 Å². The molecule has 0 fully saturated rings. The van der Waals surface area contributed by atoms with E-state index in [1.165, 1.54) is 6.21 Å². The standard InChI is InChI=1S/C17H13NO3/c19-15-11-21-16-9-5-4-8-13(16)17(20)14(15)10-18-12-6-2-1-3-7-12/h1-10,20H,11H2. The number of fused-ring (bicyclic) bond motifs is 1. The van der Waals surface area contributed by atoms with E-state index < -0.39 is 0 Å². The van der Waals surface area contributed by atoms with E-state index in [1.54, 1.807) is 24.3 Å². The second kappa shape index (κ2) is 5.63. The summed E-state index contributed by atoms with van der Waals surface area (Å²) in [6, 6.07) is 16.2. The third-order valence-corrected chi connectivity index (χ3v) is 3.16. The zero-order valence-electron chi connectivity index (χ0n) is 11.2. The van der Waals surface area contributed by atoms with E-state index in [0.29, 0.717) is 17.0 Å². The lowest BCUT2D eigenvalue weighted by molar-refractivity contribution is -0.116. The molecule has 0 atom stereocenters. The number of hydrogen-bond acceptors (Lipinski definition) is 4. The average Bonchev–Trinajstić information content (AvgIpc) is 2.65. The monoisotopic (exact) mass is 279 g/mol. The van der Waals surface area contributed by atoms with E-state index in [4.69, 9.17) is 4.74 Å². The lowest BCUT2D eigenvalue weighted by atomic mass is 10.1. The second-order valence-corrected chi connectivity index (χ2v) is 4.56. The van der Waals surface area contributed by atoms with Crippen LogP contribution in [0.25, 0.3) is 5.76 Å². The first-order chi connectivity index (χ1) is 10.3. The number of nitrogens with zero attached hydrogens (tertiary/aromatic N) is 1. The molecule has 1 aliphatic heterocycles. The van der Waals surface area contributed by atoms with Gasteiger partial charge in [-0.1, -0.05) is 30.3 Å². The van der Waals surface area contributed by atoms with E-state index in [2.05, 4.69) is 4.99 Å². The Morgan fingerprint density at radius 3 is 2.57 bits per heavy atom. The van der Waals surface area contributed by atoms with Crippen LogP contribution >= 0.6 is 0 Å². The Morgan fingerprint density at radius 2 is 1.76 bits per heavy atom. The van der Waals surface area contributed by atoms with Crippen LogP contribution in [0.5, 0.6) is 5.75 Å². The van der Waals surface area contributed by atoms with E-state index in [1.807, 2.05) is 30.3 Å². The Bertz CT molecular complexity index is 733. The number of para-hydroxylation sites is 2. The van der Waals surface area contributed by atoms with Crippen molar-refractivity contribution in [3.63, 3.8) is 0 Å². The summed E-state index contributed by atoms with van der Waals surface area (Å²) in [6.45, 7) is -0.114. The van der Waals surface area contributed by atoms with E-state index in [9.17, 15) is 9.90 Å². The van der Waals surface area contributed by atoms with Crippen molar-refractivity contribution in [2.75, 3.05) is 6.61 Å². The number of aliphatic imine (C=N–C) groups is 1. The van der Waals surface area contributed by atoms with Gasteiger partial charge in [0.1, 0.15) is 11.5 Å². The molecule has 4 heteroatoms. The lowest BCUT2D eigenvalue weighted by Gasteiger charge is -2.05. The fourth-order valence-corrected chi connectivity index (χ4v) is 2.07. The first-order valence-corrected chi connectivity index (χ1v) is 6.53. The minimum absolute atomic E-state index is 0.104. The highest BCUT2D eigenvalue weighted by Crippen LogP contribution is 2.29. The van der Waals surface area contributed by atoms with Crippen molar-refractivity contribution in [2.45, 2.75) is 0 Å². The molecule has 3 rings (SSSR count). The maximum Gasteiger partial charge on any atom is 0.205 e. The Hall–Kier alpha value is -2.88. The van der Waals surface area contributed by atoms with Crippen molar-refractivity contribution in [1.82, 2.24) is 0 Å². The zero-order chi connectivity index (χ0) is 14.7. The average molecular weight is 279 g/mol. The van der Waals surface area contributed by atoms with Crippen molar-refractivity contribution >= 4 is 23.4 Å². The number of benzene rings is 2. The summed E-state index contributed by atoms with van der Waals surface area (Å²) < 4.78 is 5.40. The van der Waals surface area contributed by atoms with Gasteiger partial charge in [-0.15, -0.1) is 0 Å². The van der Waals surface area contributed by atoms with E-state index in [0.717, 1.165) is 0 Å². The number of ketones is 1. The van der Waals surface area contributed by atoms with Crippen LogP contribution in [-0.4, -0.2) is 23.7 Å². The Balaban J connectivity index is 2.03. The minimum Gasteiger partial charge on any atom is -0.506 e. The van der Waals surface area contributed by atoms with Crippen LogP contribution in [0, 0.1) is 0 Å². The second-order valence-electron chi connectivity index (χ2n) is 4.56. The molecule has 104 valence electrons. The predicted octanol–water partition coefficient (Wildman–Crippen LogP) is 3.32. The van der Waals surface area contributed by atoms with Crippen LogP contribution in [-0.2, 0) is 4.79 Å². The molecule has 0 saturated carbocycles. The van der Waals surface area contributed by atoms with E-state index >= 15 is 0 Å². The topological polar surface area (TPSA) is 58.9 Å². The van der Waals surface area contributed by atoms with Crippen molar-refractivity contribution in [3.8, 4) is 5.75 Å². The van der Waals surface area contributed by atoms with Crippen molar-refractivity contribution in [1.29, 1.82) is 0 Å². The highest BCUT2D eigenvalue weighted by atomic mass is 16.5. The fraction of sp³-hybridized carbons (Fsp3) is 0.0588. The summed E-state index contributed by atoms with van der Waals surface area (Å²) in [5.41, 5.74) is 1.37. The van der Waals surface area contributed by atoms with Gasteiger partial charge >= 0.3 is 0 Å². The quantitative estimate of drug-likeness (QED) is 0.858. The van der Waals surface area contributed by atoms with Gasteiger partial charge in [0, 0.05) is 6.21 Å². The first-order valence-electron chi connectivity index (χ1n) is 6.53. The summed E-state index contributed by atoms with van der Waals surface area (Å²) in [7, 11) is 0. The third kappa shape index (κ3) is 2.69. The largest absolute Gasteiger partial charge is 0.506 e. The molecule has 0 aliphatic carbocycles. The number of carbonyl (C=O) groups is 1. The van der Waals surface area contributed by atoms with Crippen LogP contribution in [0.1, 0.15) is 5.56 Å². The number of aliphatic hydroxyl groups is 1. The third-order valence-electron chi connectivity index (χ3n) is 3.16. The van der Waals surface area contributed by atoms with Crippen molar-refractivity contribution in [2.24, 2.45) is 4.99 Å².